The van der Waals surface area contributed by atoms with Crippen LogP contribution in [0.25, 0.3) is 0 Å². The highest BCUT2D eigenvalue weighted by atomic mass is 35.5. The van der Waals surface area contributed by atoms with E-state index in [1.807, 2.05) is 12.1 Å². The smallest absolute Gasteiger partial charge is 0.0483 e. The molecule has 2 heteroatoms. The minimum atomic E-state index is 0.514. The third kappa shape index (κ3) is 2.48. The van der Waals surface area contributed by atoms with E-state index in [0.717, 1.165) is 24.4 Å². The molecule has 1 aliphatic heterocycles. The zero-order valence-corrected chi connectivity index (χ0v) is 11.9. The number of halogens is 1. The Morgan fingerprint density at radius 2 is 2.05 bits per heavy atom. The van der Waals surface area contributed by atoms with Gasteiger partial charge in [0.25, 0.3) is 0 Å². The molecule has 98 valence electrons. The Kier molecular flexibility index (Phi) is 3.48. The van der Waals surface area contributed by atoms with Crippen molar-refractivity contribution < 1.29 is 0 Å². The highest BCUT2D eigenvalue weighted by molar-refractivity contribution is 6.30. The van der Waals surface area contributed by atoms with E-state index in [1.165, 1.54) is 16.8 Å². The number of hydrogen-bond donors (Lipinski definition) is 0. The van der Waals surface area contributed by atoms with Crippen LogP contribution in [0.15, 0.2) is 59.8 Å². The molecule has 0 bridgehead atoms. The predicted molar refractivity (Wildman–Crippen MR) is 81.0 cm³/mol. The van der Waals surface area contributed by atoms with Crippen LogP contribution in [0.5, 0.6) is 0 Å². The lowest BCUT2D eigenvalue weighted by atomic mass is 10.1. The average Bonchev–Trinajstić information content (AvgIpc) is 2.79. The fourth-order valence-corrected chi connectivity index (χ4v) is 2.93. The lowest BCUT2D eigenvalue weighted by molar-refractivity contribution is 0.300. The van der Waals surface area contributed by atoms with Crippen LogP contribution in [-0.2, 0) is 6.54 Å². The maximum absolute atomic E-state index is 5.95. The van der Waals surface area contributed by atoms with Crippen molar-refractivity contribution in [2.24, 2.45) is 0 Å². The number of nitrogens with zero attached hydrogens (tertiary/aromatic N) is 1. The second-order valence-corrected chi connectivity index (χ2v) is 5.52. The molecule has 1 aliphatic carbocycles. The van der Waals surface area contributed by atoms with Gasteiger partial charge >= 0.3 is 0 Å². The maximum Gasteiger partial charge on any atom is 0.0483 e. The second-order valence-electron chi connectivity index (χ2n) is 5.08. The summed E-state index contributed by atoms with van der Waals surface area (Å²) in [5, 5.41) is 0.802. The van der Waals surface area contributed by atoms with Crippen molar-refractivity contribution in [3.8, 4) is 0 Å². The molecule has 19 heavy (non-hydrogen) atoms. The minimum Gasteiger partial charge on any atom is -0.361 e. The van der Waals surface area contributed by atoms with Crippen LogP contribution in [0, 0.1) is 0 Å². The number of hydrogen-bond acceptors (Lipinski definition) is 1. The lowest BCUT2D eigenvalue weighted by Gasteiger charge is -2.28. The molecule has 1 unspecified atom stereocenters. The summed E-state index contributed by atoms with van der Waals surface area (Å²) in [6.07, 6.45) is 11.4. The molecule has 0 aromatic heterocycles. The van der Waals surface area contributed by atoms with Crippen molar-refractivity contribution in [3.63, 3.8) is 0 Å². The Balaban J connectivity index is 1.83. The topological polar surface area (TPSA) is 3.24 Å². The van der Waals surface area contributed by atoms with Gasteiger partial charge in [-0.05, 0) is 36.1 Å². The summed E-state index contributed by atoms with van der Waals surface area (Å²) in [6, 6.07) is 8.69. The van der Waals surface area contributed by atoms with Gasteiger partial charge in [-0.1, -0.05) is 55.0 Å². The standard InChI is InChI=1S/C17H18ClN/c1-2-16-11-14-5-3-4-6-17(14)19(16)12-13-7-9-15(18)10-8-13/h3,5-11,16H,2,4,12H2,1H3. The van der Waals surface area contributed by atoms with Gasteiger partial charge in [0.1, 0.15) is 0 Å². The van der Waals surface area contributed by atoms with E-state index < -0.39 is 0 Å². The summed E-state index contributed by atoms with van der Waals surface area (Å²) in [4.78, 5) is 2.50. The van der Waals surface area contributed by atoms with Crippen molar-refractivity contribution in [1.82, 2.24) is 4.90 Å². The fraction of sp³-hybridized carbons (Fsp3) is 0.294. The molecule has 0 N–H and O–H groups in total. The average molecular weight is 272 g/mol. The molecule has 0 saturated heterocycles. The van der Waals surface area contributed by atoms with E-state index in [4.69, 9.17) is 11.6 Å². The molecular weight excluding hydrogens is 254 g/mol. The van der Waals surface area contributed by atoms with Crippen molar-refractivity contribution in [2.75, 3.05) is 0 Å². The first kappa shape index (κ1) is 12.6. The van der Waals surface area contributed by atoms with Crippen LogP contribution in [-0.4, -0.2) is 10.9 Å². The molecule has 0 spiro atoms. The van der Waals surface area contributed by atoms with Crippen molar-refractivity contribution in [3.05, 3.63) is 70.4 Å². The molecule has 2 aliphatic rings. The van der Waals surface area contributed by atoms with Gasteiger partial charge in [0.05, 0.1) is 0 Å². The third-order valence-electron chi connectivity index (χ3n) is 3.81. The van der Waals surface area contributed by atoms with E-state index in [-0.39, 0.29) is 0 Å². The number of fused-ring (bicyclic) bond motifs is 1. The van der Waals surface area contributed by atoms with E-state index in [9.17, 15) is 0 Å². The van der Waals surface area contributed by atoms with Gasteiger partial charge in [-0.2, -0.15) is 0 Å². The van der Waals surface area contributed by atoms with Gasteiger partial charge in [-0.15, -0.1) is 0 Å². The van der Waals surface area contributed by atoms with E-state index in [2.05, 4.69) is 48.3 Å². The largest absolute Gasteiger partial charge is 0.361 e. The molecule has 1 aromatic rings. The van der Waals surface area contributed by atoms with Crippen molar-refractivity contribution in [2.45, 2.75) is 32.4 Å². The van der Waals surface area contributed by atoms with Gasteiger partial charge < -0.3 is 4.90 Å². The van der Waals surface area contributed by atoms with Gasteiger partial charge in [-0.3, -0.25) is 0 Å². The monoisotopic (exact) mass is 271 g/mol. The summed E-state index contributed by atoms with van der Waals surface area (Å²) >= 11 is 5.95. The molecule has 0 amide bonds. The molecule has 3 rings (SSSR count). The van der Waals surface area contributed by atoms with E-state index >= 15 is 0 Å². The highest BCUT2D eigenvalue weighted by Gasteiger charge is 2.27. The van der Waals surface area contributed by atoms with Crippen LogP contribution in [0.4, 0.5) is 0 Å². The van der Waals surface area contributed by atoms with Gasteiger partial charge in [-0.25, -0.2) is 0 Å². The van der Waals surface area contributed by atoms with Crippen LogP contribution >= 0.6 is 11.6 Å². The quantitative estimate of drug-likeness (QED) is 0.770. The van der Waals surface area contributed by atoms with Crippen LogP contribution < -0.4 is 0 Å². The SMILES string of the molecule is CCC1C=C2C=CCC=C2N1Cc1ccc(Cl)cc1. The summed E-state index contributed by atoms with van der Waals surface area (Å²) in [6.45, 7) is 3.20. The van der Waals surface area contributed by atoms with Crippen molar-refractivity contribution in [1.29, 1.82) is 0 Å². The molecule has 1 atom stereocenters. The zero-order valence-electron chi connectivity index (χ0n) is 11.1. The van der Waals surface area contributed by atoms with Gasteiger partial charge in [0.15, 0.2) is 0 Å². The molecular formula is C17H18ClN. The number of allylic oxidation sites excluding steroid dienone is 3. The number of rotatable bonds is 3. The molecule has 1 aromatic carbocycles. The molecule has 1 heterocycles. The van der Waals surface area contributed by atoms with Gasteiger partial charge in [0.2, 0.25) is 0 Å². The van der Waals surface area contributed by atoms with Gasteiger partial charge in [0, 0.05) is 23.3 Å². The zero-order chi connectivity index (χ0) is 13.2. The first-order chi connectivity index (χ1) is 9.28. The van der Waals surface area contributed by atoms with Crippen LogP contribution in [0.3, 0.4) is 0 Å². The van der Waals surface area contributed by atoms with E-state index in [1.54, 1.807) is 0 Å². The maximum atomic E-state index is 5.95. The van der Waals surface area contributed by atoms with Crippen molar-refractivity contribution >= 4 is 11.6 Å². The molecule has 0 saturated carbocycles. The Morgan fingerprint density at radius 3 is 2.79 bits per heavy atom. The summed E-state index contributed by atoms with van der Waals surface area (Å²) in [5.41, 5.74) is 4.09. The first-order valence-electron chi connectivity index (χ1n) is 6.88. The molecule has 0 radical (unpaired) electrons. The fourth-order valence-electron chi connectivity index (χ4n) is 2.80. The first-order valence-corrected chi connectivity index (χ1v) is 7.25. The second kappa shape index (κ2) is 5.26. The Bertz CT molecular complexity index is 551. The molecule has 1 nitrogen and oxygen atoms in total. The Morgan fingerprint density at radius 1 is 1.26 bits per heavy atom. The van der Waals surface area contributed by atoms with Crippen LogP contribution in [0.1, 0.15) is 25.3 Å². The predicted octanol–water partition coefficient (Wildman–Crippen LogP) is 4.70. The summed E-state index contributed by atoms with van der Waals surface area (Å²) in [7, 11) is 0. The minimum absolute atomic E-state index is 0.514. The lowest BCUT2D eigenvalue weighted by Crippen LogP contribution is -2.28. The van der Waals surface area contributed by atoms with E-state index in [0.29, 0.717) is 6.04 Å². The number of benzene rings is 1. The van der Waals surface area contributed by atoms with Crippen LogP contribution in [0.2, 0.25) is 5.02 Å². The molecule has 0 fully saturated rings. The summed E-state index contributed by atoms with van der Waals surface area (Å²) in [5.74, 6) is 0. The Hall–Kier alpha value is -1.47. The Labute approximate surface area is 119 Å². The highest BCUT2D eigenvalue weighted by Crippen LogP contribution is 2.34. The summed E-state index contributed by atoms with van der Waals surface area (Å²) < 4.78 is 0. The normalized spacial score (nSPS) is 21.2. The third-order valence-corrected chi connectivity index (χ3v) is 4.06.